The van der Waals surface area contributed by atoms with E-state index in [0.29, 0.717) is 24.3 Å². The Hall–Kier alpha value is -3.22. The van der Waals surface area contributed by atoms with E-state index in [1.807, 2.05) is 27.8 Å². The van der Waals surface area contributed by atoms with Gasteiger partial charge in [0.05, 0.1) is 11.2 Å². The molecule has 2 fully saturated rings. The largest absolute Gasteiger partial charge is 0.477 e. The van der Waals surface area contributed by atoms with Crippen LogP contribution in [0, 0.1) is 5.82 Å². The maximum absolute atomic E-state index is 15.0. The summed E-state index contributed by atoms with van der Waals surface area (Å²) in [5.41, 5.74) is 1.25. The molecule has 0 bridgehead atoms. The van der Waals surface area contributed by atoms with Gasteiger partial charge in [-0.15, -0.1) is 0 Å². The Morgan fingerprint density at radius 2 is 2.07 bits per heavy atom. The van der Waals surface area contributed by atoms with Gasteiger partial charge in [0.25, 0.3) is 0 Å². The third-order valence-electron chi connectivity index (χ3n) is 5.96. The minimum absolute atomic E-state index is 0.126. The summed E-state index contributed by atoms with van der Waals surface area (Å²) >= 11 is 0. The Morgan fingerprint density at radius 1 is 1.24 bits per heavy atom. The third kappa shape index (κ3) is 3.06. The first-order chi connectivity index (χ1) is 14.0. The van der Waals surface area contributed by atoms with Crippen LogP contribution < -0.4 is 10.3 Å². The van der Waals surface area contributed by atoms with Gasteiger partial charge in [-0.25, -0.2) is 9.18 Å². The molecule has 2 aliphatic rings. The van der Waals surface area contributed by atoms with Crippen molar-refractivity contribution < 1.29 is 14.3 Å². The van der Waals surface area contributed by atoms with Crippen LogP contribution in [0.3, 0.4) is 0 Å². The van der Waals surface area contributed by atoms with Crippen molar-refractivity contribution in [2.75, 3.05) is 18.0 Å². The maximum atomic E-state index is 15.0. The number of rotatable bonds is 4. The highest BCUT2D eigenvalue weighted by atomic mass is 19.1. The number of fused-ring (bicyclic) bond motifs is 1. The van der Waals surface area contributed by atoms with Gasteiger partial charge in [-0.1, -0.05) is 6.07 Å². The fourth-order valence-corrected chi connectivity index (χ4v) is 4.28. The predicted molar refractivity (Wildman–Crippen MR) is 107 cm³/mol. The lowest BCUT2D eigenvalue weighted by Crippen LogP contribution is -2.22. The van der Waals surface area contributed by atoms with Crippen molar-refractivity contribution in [2.45, 2.75) is 31.2 Å². The number of carboxylic acids is 1. The second kappa shape index (κ2) is 6.69. The van der Waals surface area contributed by atoms with Crippen molar-refractivity contribution in [1.29, 1.82) is 0 Å². The number of hydrogen-bond donors (Lipinski definition) is 1. The Kier molecular flexibility index (Phi) is 4.12. The van der Waals surface area contributed by atoms with Gasteiger partial charge >= 0.3 is 5.97 Å². The fourth-order valence-electron chi connectivity index (χ4n) is 4.28. The average Bonchev–Trinajstić information content (AvgIpc) is 3.44. The van der Waals surface area contributed by atoms with Crippen LogP contribution in [0.1, 0.15) is 47.1 Å². The summed E-state index contributed by atoms with van der Waals surface area (Å²) in [6, 6.07) is 7.02. The topological polar surface area (TPSA) is 75.4 Å². The van der Waals surface area contributed by atoms with Gasteiger partial charge in [-0.3, -0.25) is 9.78 Å². The summed E-state index contributed by atoms with van der Waals surface area (Å²) < 4.78 is 16.8. The van der Waals surface area contributed by atoms with Gasteiger partial charge in [0.2, 0.25) is 5.43 Å². The van der Waals surface area contributed by atoms with Crippen LogP contribution in [-0.2, 0) is 0 Å². The maximum Gasteiger partial charge on any atom is 0.341 e. The van der Waals surface area contributed by atoms with Crippen molar-refractivity contribution in [3.05, 3.63) is 70.0 Å². The average molecular weight is 393 g/mol. The van der Waals surface area contributed by atoms with Crippen LogP contribution in [0.4, 0.5) is 10.1 Å². The van der Waals surface area contributed by atoms with Gasteiger partial charge in [0.1, 0.15) is 11.4 Å². The molecule has 1 aliphatic heterocycles. The minimum Gasteiger partial charge on any atom is -0.477 e. The highest BCUT2D eigenvalue weighted by Gasteiger charge is 2.30. The normalized spacial score (nSPS) is 19.1. The molecule has 2 aromatic heterocycles. The Morgan fingerprint density at radius 3 is 2.76 bits per heavy atom. The molecule has 0 radical (unpaired) electrons. The number of pyridine rings is 2. The van der Waals surface area contributed by atoms with Gasteiger partial charge < -0.3 is 14.6 Å². The molecular weight excluding hydrogens is 373 g/mol. The summed E-state index contributed by atoms with van der Waals surface area (Å²) in [7, 11) is 0. The third-order valence-corrected chi connectivity index (χ3v) is 5.96. The molecule has 0 spiro atoms. The fraction of sp³-hybridized carbons (Fsp3) is 0.318. The van der Waals surface area contributed by atoms with E-state index in [0.717, 1.165) is 24.8 Å². The molecule has 1 aromatic carbocycles. The first-order valence-corrected chi connectivity index (χ1v) is 9.79. The molecule has 1 atom stereocenters. The van der Waals surface area contributed by atoms with Crippen molar-refractivity contribution in [3.8, 4) is 0 Å². The molecule has 1 unspecified atom stereocenters. The zero-order chi connectivity index (χ0) is 20.1. The molecule has 148 valence electrons. The van der Waals surface area contributed by atoms with Crippen molar-refractivity contribution in [3.63, 3.8) is 0 Å². The second-order valence-electron chi connectivity index (χ2n) is 7.85. The minimum atomic E-state index is -1.28. The summed E-state index contributed by atoms with van der Waals surface area (Å²) in [6.07, 6.45) is 7.75. The summed E-state index contributed by atoms with van der Waals surface area (Å²) in [5, 5.41) is 9.49. The first kappa shape index (κ1) is 17.8. The summed E-state index contributed by atoms with van der Waals surface area (Å²) in [5.74, 6) is -1.50. The van der Waals surface area contributed by atoms with Crippen LogP contribution in [-0.4, -0.2) is 33.7 Å². The van der Waals surface area contributed by atoms with Crippen LogP contribution in [0.15, 0.2) is 47.7 Å². The van der Waals surface area contributed by atoms with Crippen molar-refractivity contribution >= 4 is 22.6 Å². The standard InChI is InChI=1S/C22H20FN3O3/c23-18-8-16-19(26(15-3-4-15)12-17(21(16)27)22(28)29)9-20(18)25-7-5-14(11-25)13-2-1-6-24-10-13/h1-2,6,8-10,12,14-15H,3-5,7,11H2,(H,28,29). The molecule has 3 aromatic rings. The number of benzene rings is 1. The lowest BCUT2D eigenvalue weighted by atomic mass is 10.0. The zero-order valence-corrected chi connectivity index (χ0v) is 15.7. The monoisotopic (exact) mass is 393 g/mol. The smallest absolute Gasteiger partial charge is 0.341 e. The van der Waals surface area contributed by atoms with Crippen molar-refractivity contribution in [1.82, 2.24) is 9.55 Å². The molecule has 7 heteroatoms. The number of aromatic nitrogens is 2. The number of anilines is 1. The number of carbonyl (C=O) groups is 1. The van der Waals surface area contributed by atoms with Crippen LogP contribution >= 0.6 is 0 Å². The molecule has 1 N–H and O–H groups in total. The van der Waals surface area contributed by atoms with E-state index in [1.165, 1.54) is 12.3 Å². The number of halogens is 1. The van der Waals surface area contributed by atoms with E-state index in [1.54, 1.807) is 12.3 Å². The summed E-state index contributed by atoms with van der Waals surface area (Å²) in [4.78, 5) is 30.3. The molecule has 0 amide bonds. The van der Waals surface area contributed by atoms with E-state index in [9.17, 15) is 14.7 Å². The molecule has 5 rings (SSSR count). The van der Waals surface area contributed by atoms with E-state index < -0.39 is 17.2 Å². The van der Waals surface area contributed by atoms with Gasteiger partial charge in [-0.2, -0.15) is 0 Å². The molecule has 1 saturated heterocycles. The quantitative estimate of drug-likeness (QED) is 0.734. The van der Waals surface area contributed by atoms with Gasteiger partial charge in [0.15, 0.2) is 0 Å². The molecule has 29 heavy (non-hydrogen) atoms. The molecular formula is C22H20FN3O3. The summed E-state index contributed by atoms with van der Waals surface area (Å²) in [6.45, 7) is 1.39. The van der Waals surface area contributed by atoms with E-state index in [4.69, 9.17) is 0 Å². The second-order valence-corrected chi connectivity index (χ2v) is 7.85. The molecule has 1 aliphatic carbocycles. The zero-order valence-electron chi connectivity index (χ0n) is 15.7. The molecule has 1 saturated carbocycles. The van der Waals surface area contributed by atoms with Crippen LogP contribution in [0.2, 0.25) is 0 Å². The number of carboxylic acid groups (broad SMARTS) is 1. The van der Waals surface area contributed by atoms with Crippen LogP contribution in [0.25, 0.3) is 10.9 Å². The van der Waals surface area contributed by atoms with E-state index in [-0.39, 0.29) is 22.9 Å². The Balaban J connectivity index is 1.58. The number of nitrogens with zero attached hydrogens (tertiary/aromatic N) is 3. The highest BCUT2D eigenvalue weighted by molar-refractivity contribution is 5.93. The lowest BCUT2D eigenvalue weighted by Gasteiger charge is -2.21. The van der Waals surface area contributed by atoms with E-state index >= 15 is 4.39 Å². The Labute approximate surface area is 166 Å². The first-order valence-electron chi connectivity index (χ1n) is 9.79. The Bertz CT molecular complexity index is 1170. The lowest BCUT2D eigenvalue weighted by molar-refractivity contribution is 0.0695. The molecule has 3 heterocycles. The van der Waals surface area contributed by atoms with Crippen molar-refractivity contribution in [2.24, 2.45) is 0 Å². The number of hydrogen-bond acceptors (Lipinski definition) is 4. The van der Waals surface area contributed by atoms with Crippen LogP contribution in [0.5, 0.6) is 0 Å². The highest BCUT2D eigenvalue weighted by Crippen LogP contribution is 2.39. The SMILES string of the molecule is O=C(O)c1cn(C2CC2)c2cc(N3CCC(c4cccnc4)C3)c(F)cc2c1=O. The number of aromatic carboxylic acids is 1. The molecule has 6 nitrogen and oxygen atoms in total. The van der Waals surface area contributed by atoms with Gasteiger partial charge in [0, 0.05) is 49.0 Å². The van der Waals surface area contributed by atoms with Gasteiger partial charge in [-0.05, 0) is 43.0 Å². The predicted octanol–water partition coefficient (Wildman–Crippen LogP) is 3.56. The van der Waals surface area contributed by atoms with E-state index in [2.05, 4.69) is 4.98 Å².